The van der Waals surface area contributed by atoms with E-state index in [2.05, 4.69) is 15.4 Å². The Bertz CT molecular complexity index is 471. The van der Waals surface area contributed by atoms with Gasteiger partial charge in [-0.15, -0.1) is 13.2 Å². The molecule has 0 bridgehead atoms. The minimum atomic E-state index is -4.76. The highest BCUT2D eigenvalue weighted by Gasteiger charge is 2.31. The highest BCUT2D eigenvalue weighted by molar-refractivity contribution is 5.94. The van der Waals surface area contributed by atoms with Crippen LogP contribution >= 0.6 is 0 Å². The second kappa shape index (κ2) is 6.13. The van der Waals surface area contributed by atoms with E-state index in [1.807, 2.05) is 0 Å². The van der Waals surface area contributed by atoms with Crippen LogP contribution < -0.4 is 15.4 Å². The van der Waals surface area contributed by atoms with E-state index in [-0.39, 0.29) is 11.6 Å². The number of benzene rings is 1. The molecule has 20 heavy (non-hydrogen) atoms. The van der Waals surface area contributed by atoms with Crippen molar-refractivity contribution >= 4 is 5.91 Å². The lowest BCUT2D eigenvalue weighted by Crippen LogP contribution is -2.37. The number of amides is 1. The van der Waals surface area contributed by atoms with E-state index in [1.54, 1.807) is 0 Å². The standard InChI is InChI=1S/C13H15F3N2O2/c14-13(15,16)20-11-5-1-3-9(7-11)12(19)18-8-10-4-2-6-17-10/h1,3,5,7,10,17H,2,4,6,8H2,(H,18,19). The van der Waals surface area contributed by atoms with Gasteiger partial charge in [-0.1, -0.05) is 6.07 Å². The van der Waals surface area contributed by atoms with Crippen LogP contribution in [-0.2, 0) is 0 Å². The monoisotopic (exact) mass is 288 g/mol. The topological polar surface area (TPSA) is 50.4 Å². The fourth-order valence-corrected chi connectivity index (χ4v) is 2.08. The number of ether oxygens (including phenoxy) is 1. The van der Waals surface area contributed by atoms with Gasteiger partial charge >= 0.3 is 6.36 Å². The Balaban J connectivity index is 1.93. The molecule has 110 valence electrons. The molecule has 1 aliphatic heterocycles. The van der Waals surface area contributed by atoms with Gasteiger partial charge in [0.1, 0.15) is 5.75 Å². The Labute approximate surface area is 114 Å². The molecule has 0 aliphatic carbocycles. The van der Waals surface area contributed by atoms with Crippen LogP contribution in [0.2, 0.25) is 0 Å². The van der Waals surface area contributed by atoms with E-state index in [9.17, 15) is 18.0 Å². The summed E-state index contributed by atoms with van der Waals surface area (Å²) in [6.07, 6.45) is -2.71. The fraction of sp³-hybridized carbons (Fsp3) is 0.462. The summed E-state index contributed by atoms with van der Waals surface area (Å²) in [5.41, 5.74) is 0.143. The Morgan fingerprint density at radius 2 is 2.25 bits per heavy atom. The first-order chi connectivity index (χ1) is 9.44. The van der Waals surface area contributed by atoms with Gasteiger partial charge in [-0.25, -0.2) is 0 Å². The number of halogens is 3. The number of hydrogen-bond donors (Lipinski definition) is 2. The predicted octanol–water partition coefficient (Wildman–Crippen LogP) is 2.07. The van der Waals surface area contributed by atoms with Crippen LogP contribution in [0.5, 0.6) is 5.75 Å². The second-order valence-corrected chi connectivity index (χ2v) is 4.58. The molecule has 7 heteroatoms. The van der Waals surface area contributed by atoms with E-state index in [1.165, 1.54) is 12.1 Å². The molecule has 1 aromatic carbocycles. The third-order valence-electron chi connectivity index (χ3n) is 3.00. The van der Waals surface area contributed by atoms with Gasteiger partial charge < -0.3 is 15.4 Å². The summed E-state index contributed by atoms with van der Waals surface area (Å²) in [6, 6.07) is 5.26. The molecule has 2 N–H and O–H groups in total. The molecule has 0 saturated carbocycles. The van der Waals surface area contributed by atoms with Gasteiger partial charge in [0, 0.05) is 18.2 Å². The molecular weight excluding hydrogens is 273 g/mol. The molecule has 1 atom stereocenters. The molecule has 4 nitrogen and oxygen atoms in total. The van der Waals surface area contributed by atoms with Crippen LogP contribution in [0.25, 0.3) is 0 Å². The van der Waals surface area contributed by atoms with Crippen molar-refractivity contribution in [2.75, 3.05) is 13.1 Å². The van der Waals surface area contributed by atoms with Gasteiger partial charge in [0.25, 0.3) is 5.91 Å². The van der Waals surface area contributed by atoms with Crippen LogP contribution in [-0.4, -0.2) is 31.4 Å². The molecule has 1 aromatic rings. The van der Waals surface area contributed by atoms with Crippen LogP contribution in [0.4, 0.5) is 13.2 Å². The lowest BCUT2D eigenvalue weighted by Gasteiger charge is -2.12. The van der Waals surface area contributed by atoms with Crippen LogP contribution in [0.1, 0.15) is 23.2 Å². The van der Waals surface area contributed by atoms with Gasteiger partial charge in [-0.3, -0.25) is 4.79 Å². The van der Waals surface area contributed by atoms with Crippen LogP contribution in [0.3, 0.4) is 0 Å². The molecule has 1 aliphatic rings. The smallest absolute Gasteiger partial charge is 0.406 e. The lowest BCUT2D eigenvalue weighted by molar-refractivity contribution is -0.274. The van der Waals surface area contributed by atoms with E-state index in [4.69, 9.17) is 0 Å². The predicted molar refractivity (Wildman–Crippen MR) is 66.5 cm³/mol. The molecule has 1 unspecified atom stereocenters. The van der Waals surface area contributed by atoms with E-state index >= 15 is 0 Å². The summed E-state index contributed by atoms with van der Waals surface area (Å²) in [7, 11) is 0. The van der Waals surface area contributed by atoms with Crippen molar-refractivity contribution in [1.82, 2.24) is 10.6 Å². The largest absolute Gasteiger partial charge is 0.573 e. The van der Waals surface area contributed by atoms with Gasteiger partial charge in [0.15, 0.2) is 0 Å². The summed E-state index contributed by atoms with van der Waals surface area (Å²) in [5.74, 6) is -0.810. The van der Waals surface area contributed by atoms with Crippen molar-refractivity contribution < 1.29 is 22.7 Å². The average Bonchev–Trinajstić information content (AvgIpc) is 2.87. The molecule has 0 aromatic heterocycles. The number of carbonyl (C=O) groups excluding carboxylic acids is 1. The molecule has 0 radical (unpaired) electrons. The van der Waals surface area contributed by atoms with Crippen molar-refractivity contribution in [2.45, 2.75) is 25.2 Å². The number of carbonyl (C=O) groups is 1. The molecular formula is C13H15F3N2O2. The summed E-state index contributed by atoms with van der Waals surface area (Å²) >= 11 is 0. The number of hydrogen-bond acceptors (Lipinski definition) is 3. The number of rotatable bonds is 4. The van der Waals surface area contributed by atoms with E-state index in [0.29, 0.717) is 6.54 Å². The number of nitrogens with one attached hydrogen (secondary N) is 2. The van der Waals surface area contributed by atoms with Crippen LogP contribution in [0.15, 0.2) is 24.3 Å². The minimum absolute atomic E-state index is 0.143. The van der Waals surface area contributed by atoms with Gasteiger partial charge in [0.2, 0.25) is 0 Å². The highest BCUT2D eigenvalue weighted by atomic mass is 19.4. The van der Waals surface area contributed by atoms with E-state index in [0.717, 1.165) is 31.5 Å². The highest BCUT2D eigenvalue weighted by Crippen LogP contribution is 2.23. The number of alkyl halides is 3. The summed E-state index contributed by atoms with van der Waals surface area (Å²) in [4.78, 5) is 11.8. The fourth-order valence-electron chi connectivity index (χ4n) is 2.08. The third-order valence-corrected chi connectivity index (χ3v) is 3.00. The molecule has 1 amide bonds. The van der Waals surface area contributed by atoms with Crippen molar-refractivity contribution in [2.24, 2.45) is 0 Å². The maximum atomic E-state index is 12.1. The zero-order valence-corrected chi connectivity index (χ0v) is 10.7. The molecule has 1 fully saturated rings. The second-order valence-electron chi connectivity index (χ2n) is 4.58. The zero-order valence-electron chi connectivity index (χ0n) is 10.7. The zero-order chi connectivity index (χ0) is 14.6. The maximum absolute atomic E-state index is 12.1. The lowest BCUT2D eigenvalue weighted by atomic mass is 10.2. The summed E-state index contributed by atoms with van der Waals surface area (Å²) in [6.45, 7) is 1.39. The van der Waals surface area contributed by atoms with Crippen LogP contribution in [0, 0.1) is 0 Å². The van der Waals surface area contributed by atoms with Gasteiger partial charge in [-0.2, -0.15) is 0 Å². The van der Waals surface area contributed by atoms with Gasteiger partial charge in [0.05, 0.1) is 0 Å². The normalized spacial score (nSPS) is 18.9. The summed E-state index contributed by atoms with van der Waals surface area (Å²) < 4.78 is 40.1. The first-order valence-electron chi connectivity index (χ1n) is 6.31. The first kappa shape index (κ1) is 14.6. The quantitative estimate of drug-likeness (QED) is 0.891. The van der Waals surface area contributed by atoms with Crippen molar-refractivity contribution in [3.8, 4) is 5.75 Å². The maximum Gasteiger partial charge on any atom is 0.573 e. The van der Waals surface area contributed by atoms with Crippen molar-refractivity contribution in [3.63, 3.8) is 0 Å². The van der Waals surface area contributed by atoms with Gasteiger partial charge in [-0.05, 0) is 37.6 Å². The van der Waals surface area contributed by atoms with Crippen molar-refractivity contribution in [1.29, 1.82) is 0 Å². The Morgan fingerprint density at radius 3 is 2.90 bits per heavy atom. The van der Waals surface area contributed by atoms with E-state index < -0.39 is 18.0 Å². The minimum Gasteiger partial charge on any atom is -0.406 e. The molecule has 1 saturated heterocycles. The molecule has 0 spiro atoms. The SMILES string of the molecule is O=C(NCC1CCCN1)c1cccc(OC(F)(F)F)c1. The molecule has 2 rings (SSSR count). The third kappa shape index (κ3) is 4.41. The summed E-state index contributed by atoms with van der Waals surface area (Å²) in [5, 5.41) is 5.91. The average molecular weight is 288 g/mol. The Morgan fingerprint density at radius 1 is 1.45 bits per heavy atom. The Kier molecular flexibility index (Phi) is 4.49. The first-order valence-corrected chi connectivity index (χ1v) is 6.31. The van der Waals surface area contributed by atoms with Crippen molar-refractivity contribution in [3.05, 3.63) is 29.8 Å². The Hall–Kier alpha value is -1.76. The molecule has 1 heterocycles.